The maximum atomic E-state index is 10.9. The summed E-state index contributed by atoms with van der Waals surface area (Å²) in [6.07, 6.45) is 5.67. The van der Waals surface area contributed by atoms with Gasteiger partial charge < -0.3 is 14.7 Å². The Morgan fingerprint density at radius 1 is 0.927 bits per heavy atom. The number of fused-ring (bicyclic) bond motifs is 1. The van der Waals surface area contributed by atoms with Crippen molar-refractivity contribution < 1.29 is 14.6 Å². The van der Waals surface area contributed by atoms with Gasteiger partial charge in [-0.25, -0.2) is 4.98 Å². The molecule has 204 valence electrons. The predicted octanol–water partition coefficient (Wildman–Crippen LogP) is 5.41. The van der Waals surface area contributed by atoms with Crippen molar-refractivity contribution in [1.29, 1.82) is 0 Å². The van der Waals surface area contributed by atoms with Gasteiger partial charge in [-0.15, -0.1) is 10.2 Å². The minimum atomic E-state index is -1.02. The van der Waals surface area contributed by atoms with Crippen molar-refractivity contribution in [2.24, 2.45) is 0 Å². The number of rotatable bonds is 6. The number of para-hydroxylation sites is 1. The van der Waals surface area contributed by atoms with Gasteiger partial charge in [0.15, 0.2) is 11.7 Å². The van der Waals surface area contributed by atoms with E-state index >= 15 is 0 Å². The number of aromatic nitrogens is 5. The molecule has 0 radical (unpaired) electrons. The van der Waals surface area contributed by atoms with Gasteiger partial charge in [0.1, 0.15) is 11.4 Å². The van der Waals surface area contributed by atoms with Crippen LogP contribution in [-0.4, -0.2) is 55.0 Å². The molecular weight excluding hydrogens is 536 g/mol. The lowest BCUT2D eigenvalue weighted by molar-refractivity contribution is -0.138. The number of hydrogen-bond donors (Lipinski definition) is 1. The average molecular weight is 563 g/mol. The number of carboxylic acid groups (broad SMARTS) is 1. The number of piperidine rings is 1. The summed E-state index contributed by atoms with van der Waals surface area (Å²) in [6.45, 7) is 1.22. The van der Waals surface area contributed by atoms with Gasteiger partial charge in [-0.1, -0.05) is 84.1 Å². The van der Waals surface area contributed by atoms with E-state index in [1.165, 1.54) is 33.6 Å². The lowest BCUT2D eigenvalue weighted by atomic mass is 9.81. The highest BCUT2D eigenvalue weighted by molar-refractivity contribution is 7.18. The number of carboxylic acids is 1. The summed E-state index contributed by atoms with van der Waals surface area (Å²) in [7, 11) is 0. The molecule has 2 aromatic heterocycles. The molecule has 1 spiro atoms. The minimum Gasteiger partial charge on any atom is -0.482 e. The molecule has 7 rings (SSSR count). The Hall–Kier alpha value is -4.83. The summed E-state index contributed by atoms with van der Waals surface area (Å²) in [6, 6.07) is 27.4. The van der Waals surface area contributed by atoms with E-state index in [0.29, 0.717) is 5.82 Å². The molecule has 10 heteroatoms. The molecule has 0 bridgehead atoms. The first-order valence-electron chi connectivity index (χ1n) is 13.4. The highest BCUT2D eigenvalue weighted by atomic mass is 32.1. The number of tetrazole rings is 1. The van der Waals surface area contributed by atoms with Gasteiger partial charge in [-0.2, -0.15) is 4.80 Å². The van der Waals surface area contributed by atoms with Crippen molar-refractivity contribution in [3.05, 3.63) is 102 Å². The number of ether oxygens (including phenoxy) is 1. The molecule has 0 atom stereocenters. The van der Waals surface area contributed by atoms with Crippen LogP contribution in [0.4, 0.5) is 5.13 Å². The summed E-state index contributed by atoms with van der Waals surface area (Å²) in [4.78, 5) is 19.6. The molecule has 0 aliphatic carbocycles. The molecule has 0 unspecified atom stereocenters. The number of thiazole rings is 1. The van der Waals surface area contributed by atoms with E-state index in [9.17, 15) is 4.79 Å². The Balaban J connectivity index is 1.17. The SMILES string of the molecule is O=C(O)Cn1nnc(-c2cnc(N3CCC4(C=C(c5ccccc5-c5ccccc5)c5ccccc5O4)CC3)s2)n1. The Morgan fingerprint density at radius 3 is 2.41 bits per heavy atom. The summed E-state index contributed by atoms with van der Waals surface area (Å²) >= 11 is 1.48. The van der Waals surface area contributed by atoms with Gasteiger partial charge in [0.05, 0.1) is 11.1 Å². The summed E-state index contributed by atoms with van der Waals surface area (Å²) in [5.41, 5.74) is 5.47. The van der Waals surface area contributed by atoms with Crippen LogP contribution >= 0.6 is 11.3 Å². The molecule has 2 aliphatic rings. The highest BCUT2D eigenvalue weighted by Crippen LogP contribution is 2.46. The Labute approximate surface area is 240 Å². The number of aliphatic carboxylic acids is 1. The molecule has 1 fully saturated rings. The zero-order valence-corrected chi connectivity index (χ0v) is 22.9. The van der Waals surface area contributed by atoms with Gasteiger partial charge in [-0.05, 0) is 39.6 Å². The zero-order chi connectivity index (χ0) is 27.8. The monoisotopic (exact) mass is 562 g/mol. The first-order valence-corrected chi connectivity index (χ1v) is 14.3. The molecule has 2 aliphatic heterocycles. The first-order chi connectivity index (χ1) is 20.1. The molecule has 0 amide bonds. The Bertz CT molecular complexity index is 1750. The van der Waals surface area contributed by atoms with Gasteiger partial charge in [0.2, 0.25) is 5.82 Å². The van der Waals surface area contributed by atoms with Crippen LogP contribution in [0.3, 0.4) is 0 Å². The van der Waals surface area contributed by atoms with E-state index in [2.05, 4.69) is 98.1 Å². The smallest absolute Gasteiger partial charge is 0.327 e. The number of anilines is 1. The van der Waals surface area contributed by atoms with Crippen LogP contribution in [0.25, 0.3) is 27.4 Å². The number of carbonyl (C=O) groups is 1. The van der Waals surface area contributed by atoms with Gasteiger partial charge in [0.25, 0.3) is 0 Å². The van der Waals surface area contributed by atoms with Crippen LogP contribution in [0.2, 0.25) is 0 Å². The van der Waals surface area contributed by atoms with E-state index in [-0.39, 0.29) is 6.54 Å². The lowest BCUT2D eigenvalue weighted by Crippen LogP contribution is -2.48. The third-order valence-corrected chi connectivity index (χ3v) is 8.58. The van der Waals surface area contributed by atoms with Crippen molar-refractivity contribution in [3.8, 4) is 27.6 Å². The first kappa shape index (κ1) is 25.2. The van der Waals surface area contributed by atoms with Crippen LogP contribution in [-0.2, 0) is 11.3 Å². The fourth-order valence-corrected chi connectivity index (χ4v) is 6.44. The van der Waals surface area contributed by atoms with Crippen LogP contribution in [0, 0.1) is 0 Å². The third kappa shape index (κ3) is 4.87. The molecular formula is C31H26N6O3S. The average Bonchev–Trinajstić information content (AvgIpc) is 3.68. The standard InChI is InChI=1S/C31H26N6O3S/c38-28(39)20-37-34-29(33-35-37)27-19-32-30(41-27)36-16-14-31(15-17-36)18-25(24-12-6-7-13-26(24)40-31)23-11-5-4-10-22(23)21-8-2-1-3-9-21/h1-13,18-19H,14-17,20H2,(H,38,39). The topological polar surface area (TPSA) is 106 Å². The van der Waals surface area contributed by atoms with Gasteiger partial charge >= 0.3 is 5.97 Å². The predicted molar refractivity (Wildman–Crippen MR) is 157 cm³/mol. The quantitative estimate of drug-likeness (QED) is 0.293. The summed E-state index contributed by atoms with van der Waals surface area (Å²) in [5.74, 6) is 0.267. The van der Waals surface area contributed by atoms with E-state index < -0.39 is 11.6 Å². The molecule has 1 saturated heterocycles. The van der Waals surface area contributed by atoms with E-state index in [0.717, 1.165) is 52.0 Å². The van der Waals surface area contributed by atoms with Gasteiger partial charge in [0, 0.05) is 31.5 Å². The second kappa shape index (κ2) is 10.3. The maximum absolute atomic E-state index is 10.9. The fraction of sp³-hybridized carbons (Fsp3) is 0.194. The van der Waals surface area contributed by atoms with Crippen molar-refractivity contribution in [3.63, 3.8) is 0 Å². The highest BCUT2D eigenvalue weighted by Gasteiger charge is 2.40. The van der Waals surface area contributed by atoms with Crippen LogP contribution in [0.1, 0.15) is 24.0 Å². The van der Waals surface area contributed by atoms with Crippen LogP contribution in [0.5, 0.6) is 5.75 Å². The molecule has 3 aromatic carbocycles. The molecule has 5 aromatic rings. The lowest BCUT2D eigenvalue weighted by Gasteiger charge is -2.43. The second-order valence-corrected chi connectivity index (χ2v) is 11.2. The normalized spacial score (nSPS) is 15.7. The summed E-state index contributed by atoms with van der Waals surface area (Å²) < 4.78 is 6.75. The number of hydrogen-bond acceptors (Lipinski definition) is 8. The summed E-state index contributed by atoms with van der Waals surface area (Å²) in [5, 5.41) is 21.8. The third-order valence-electron chi connectivity index (χ3n) is 7.52. The van der Waals surface area contributed by atoms with Crippen LogP contribution < -0.4 is 9.64 Å². The molecule has 4 heterocycles. The minimum absolute atomic E-state index is 0.332. The van der Waals surface area contributed by atoms with Crippen molar-refractivity contribution in [1.82, 2.24) is 25.2 Å². The second-order valence-electron chi connectivity index (χ2n) is 10.2. The number of benzene rings is 3. The van der Waals surface area contributed by atoms with E-state index in [4.69, 9.17) is 9.84 Å². The van der Waals surface area contributed by atoms with Crippen molar-refractivity contribution >= 4 is 28.0 Å². The fourth-order valence-electron chi connectivity index (χ4n) is 5.54. The maximum Gasteiger partial charge on any atom is 0.327 e. The van der Waals surface area contributed by atoms with E-state index in [1.807, 2.05) is 12.1 Å². The molecule has 9 nitrogen and oxygen atoms in total. The molecule has 41 heavy (non-hydrogen) atoms. The molecule has 1 N–H and O–H groups in total. The zero-order valence-electron chi connectivity index (χ0n) is 22.1. The molecule has 0 saturated carbocycles. The van der Waals surface area contributed by atoms with E-state index in [1.54, 1.807) is 6.20 Å². The number of nitrogens with zero attached hydrogens (tertiary/aromatic N) is 6. The van der Waals surface area contributed by atoms with Crippen molar-refractivity contribution in [2.45, 2.75) is 25.0 Å². The Morgan fingerprint density at radius 2 is 1.63 bits per heavy atom. The van der Waals surface area contributed by atoms with Crippen LogP contribution in [0.15, 0.2) is 91.1 Å². The van der Waals surface area contributed by atoms with Crippen molar-refractivity contribution in [2.75, 3.05) is 18.0 Å². The Kier molecular flexibility index (Phi) is 6.31. The van der Waals surface area contributed by atoms with Gasteiger partial charge in [-0.3, -0.25) is 4.79 Å². The largest absolute Gasteiger partial charge is 0.482 e.